The zero-order valence-electron chi connectivity index (χ0n) is 13.5. The minimum Gasteiger partial charge on any atom is -0.373 e. The summed E-state index contributed by atoms with van der Waals surface area (Å²) >= 11 is 0. The van der Waals surface area contributed by atoms with Gasteiger partial charge in [-0.2, -0.15) is 17.0 Å². The standard InChI is InChI=1S/C14H23N5O3S/c1-18(2)23(20,21)19-8-5-14(11-19)10-12(4-9-22-14)17-13-15-6-3-7-16-13/h3,6-7,12H,4-5,8-11H2,1-2H3,(H,15,16,17)/t12-,14+/m0/s1. The van der Waals surface area contributed by atoms with E-state index in [1.165, 1.54) is 8.61 Å². The Bertz CT molecular complexity index is 639. The second-order valence-corrected chi connectivity index (χ2v) is 8.45. The zero-order chi connectivity index (χ0) is 16.5. The highest BCUT2D eigenvalue weighted by Crippen LogP contribution is 2.36. The summed E-state index contributed by atoms with van der Waals surface area (Å²) in [7, 11) is -0.277. The number of rotatable bonds is 4. The average Bonchev–Trinajstić information content (AvgIpc) is 2.92. The van der Waals surface area contributed by atoms with Crippen LogP contribution in [-0.4, -0.2) is 72.4 Å². The van der Waals surface area contributed by atoms with Crippen molar-refractivity contribution in [3.63, 3.8) is 0 Å². The first-order valence-corrected chi connectivity index (χ1v) is 9.16. The Morgan fingerprint density at radius 2 is 2.13 bits per heavy atom. The molecule has 1 aromatic rings. The van der Waals surface area contributed by atoms with E-state index >= 15 is 0 Å². The Labute approximate surface area is 137 Å². The van der Waals surface area contributed by atoms with Crippen LogP contribution in [0, 0.1) is 0 Å². The summed E-state index contributed by atoms with van der Waals surface area (Å²) in [4.78, 5) is 8.38. The third kappa shape index (κ3) is 3.47. The van der Waals surface area contributed by atoms with Gasteiger partial charge >= 0.3 is 0 Å². The minimum absolute atomic E-state index is 0.188. The quantitative estimate of drug-likeness (QED) is 0.848. The SMILES string of the molecule is CN(C)S(=O)(=O)N1CC[C@@]2(C[C@@H](Nc3ncccn3)CCO2)C1. The van der Waals surface area contributed by atoms with Gasteiger partial charge in [-0.25, -0.2) is 9.97 Å². The average molecular weight is 341 g/mol. The molecule has 2 atom stereocenters. The molecule has 0 amide bonds. The van der Waals surface area contributed by atoms with Crippen molar-refractivity contribution in [3.8, 4) is 0 Å². The normalized spacial score (nSPS) is 29.3. The second kappa shape index (κ2) is 6.31. The molecule has 0 aromatic carbocycles. The van der Waals surface area contributed by atoms with Crippen molar-refractivity contribution in [2.75, 3.05) is 39.1 Å². The van der Waals surface area contributed by atoms with Crippen LogP contribution in [0.15, 0.2) is 18.5 Å². The summed E-state index contributed by atoms with van der Waals surface area (Å²) in [5, 5.41) is 3.33. The molecule has 9 heteroatoms. The van der Waals surface area contributed by atoms with E-state index in [-0.39, 0.29) is 6.04 Å². The second-order valence-electron chi connectivity index (χ2n) is 6.31. The van der Waals surface area contributed by atoms with Crippen LogP contribution < -0.4 is 5.32 Å². The number of nitrogens with zero attached hydrogens (tertiary/aromatic N) is 4. The van der Waals surface area contributed by atoms with Crippen molar-refractivity contribution in [2.45, 2.75) is 30.9 Å². The van der Waals surface area contributed by atoms with Gasteiger partial charge in [-0.1, -0.05) is 0 Å². The largest absolute Gasteiger partial charge is 0.373 e. The van der Waals surface area contributed by atoms with Gasteiger partial charge in [-0.05, 0) is 25.3 Å². The molecular formula is C14H23N5O3S. The van der Waals surface area contributed by atoms with E-state index in [0.29, 0.717) is 32.1 Å². The van der Waals surface area contributed by atoms with Crippen molar-refractivity contribution in [1.29, 1.82) is 0 Å². The van der Waals surface area contributed by atoms with Gasteiger partial charge in [0.2, 0.25) is 5.95 Å². The number of nitrogens with one attached hydrogen (secondary N) is 1. The van der Waals surface area contributed by atoms with Gasteiger partial charge in [0, 0.05) is 52.2 Å². The molecule has 2 aliphatic heterocycles. The number of hydrogen-bond acceptors (Lipinski definition) is 6. The maximum absolute atomic E-state index is 12.3. The van der Waals surface area contributed by atoms with Gasteiger partial charge in [0.05, 0.1) is 5.60 Å². The van der Waals surface area contributed by atoms with E-state index in [1.54, 1.807) is 32.6 Å². The highest BCUT2D eigenvalue weighted by atomic mass is 32.2. The first-order valence-electron chi connectivity index (χ1n) is 7.76. The fourth-order valence-corrected chi connectivity index (χ4v) is 4.41. The van der Waals surface area contributed by atoms with Crippen LogP contribution in [0.25, 0.3) is 0 Å². The molecule has 0 aliphatic carbocycles. The van der Waals surface area contributed by atoms with Crippen LogP contribution in [-0.2, 0) is 14.9 Å². The molecule has 8 nitrogen and oxygen atoms in total. The molecule has 3 heterocycles. The van der Waals surface area contributed by atoms with E-state index in [4.69, 9.17) is 4.74 Å². The summed E-state index contributed by atoms with van der Waals surface area (Å²) in [6.07, 6.45) is 5.73. The molecule has 2 saturated heterocycles. The molecular weight excluding hydrogens is 318 g/mol. The van der Waals surface area contributed by atoms with E-state index in [9.17, 15) is 8.42 Å². The smallest absolute Gasteiger partial charge is 0.281 e. The summed E-state index contributed by atoms with van der Waals surface area (Å²) in [6.45, 7) is 1.51. The number of ether oxygens (including phenoxy) is 1. The van der Waals surface area contributed by atoms with Crippen LogP contribution in [0.5, 0.6) is 0 Å². The summed E-state index contributed by atoms with van der Waals surface area (Å²) < 4.78 is 33.3. The molecule has 0 saturated carbocycles. The van der Waals surface area contributed by atoms with Gasteiger partial charge in [-0.15, -0.1) is 0 Å². The van der Waals surface area contributed by atoms with E-state index < -0.39 is 15.8 Å². The molecule has 128 valence electrons. The lowest BCUT2D eigenvalue weighted by Crippen LogP contribution is -2.48. The Hall–Kier alpha value is -1.29. The Kier molecular flexibility index (Phi) is 4.54. The molecule has 1 N–H and O–H groups in total. The summed E-state index contributed by atoms with van der Waals surface area (Å²) in [5.74, 6) is 0.602. The fourth-order valence-electron chi connectivity index (χ4n) is 3.23. The maximum Gasteiger partial charge on any atom is 0.281 e. The van der Waals surface area contributed by atoms with Crippen LogP contribution in [0.4, 0.5) is 5.95 Å². The Morgan fingerprint density at radius 3 is 2.83 bits per heavy atom. The predicted molar refractivity (Wildman–Crippen MR) is 86.2 cm³/mol. The van der Waals surface area contributed by atoms with Gasteiger partial charge in [0.25, 0.3) is 10.2 Å². The van der Waals surface area contributed by atoms with Gasteiger partial charge in [0.1, 0.15) is 0 Å². The van der Waals surface area contributed by atoms with Gasteiger partial charge in [-0.3, -0.25) is 0 Å². The lowest BCUT2D eigenvalue weighted by molar-refractivity contribution is -0.0705. The molecule has 23 heavy (non-hydrogen) atoms. The fraction of sp³-hybridized carbons (Fsp3) is 0.714. The highest BCUT2D eigenvalue weighted by Gasteiger charge is 2.47. The molecule has 1 spiro atoms. The van der Waals surface area contributed by atoms with Crippen LogP contribution in [0.3, 0.4) is 0 Å². The highest BCUT2D eigenvalue weighted by molar-refractivity contribution is 7.86. The number of aromatic nitrogens is 2. The first-order chi connectivity index (χ1) is 10.9. The minimum atomic E-state index is -3.39. The van der Waals surface area contributed by atoms with Crippen LogP contribution in [0.1, 0.15) is 19.3 Å². The van der Waals surface area contributed by atoms with Crippen molar-refractivity contribution in [3.05, 3.63) is 18.5 Å². The maximum atomic E-state index is 12.3. The van der Waals surface area contributed by atoms with E-state index in [1.807, 2.05) is 0 Å². The van der Waals surface area contributed by atoms with E-state index in [0.717, 1.165) is 12.8 Å². The van der Waals surface area contributed by atoms with E-state index in [2.05, 4.69) is 15.3 Å². The first kappa shape index (κ1) is 16.6. The monoisotopic (exact) mass is 341 g/mol. The predicted octanol–water partition coefficient (Wildman–Crippen LogP) is 0.318. The topological polar surface area (TPSA) is 87.7 Å². The molecule has 2 aliphatic rings. The van der Waals surface area contributed by atoms with Crippen molar-refractivity contribution < 1.29 is 13.2 Å². The van der Waals surface area contributed by atoms with Crippen LogP contribution in [0.2, 0.25) is 0 Å². The summed E-state index contributed by atoms with van der Waals surface area (Å²) in [6, 6.07) is 1.96. The van der Waals surface area contributed by atoms with Crippen molar-refractivity contribution >= 4 is 16.2 Å². The van der Waals surface area contributed by atoms with Crippen LogP contribution >= 0.6 is 0 Å². The molecule has 0 bridgehead atoms. The molecule has 1 aromatic heterocycles. The van der Waals surface area contributed by atoms with Gasteiger partial charge in [0.15, 0.2) is 0 Å². The third-order valence-corrected chi connectivity index (χ3v) is 6.35. The Morgan fingerprint density at radius 1 is 1.39 bits per heavy atom. The number of hydrogen-bond donors (Lipinski definition) is 1. The molecule has 2 fully saturated rings. The summed E-state index contributed by atoms with van der Waals surface area (Å²) in [5.41, 5.74) is -0.409. The zero-order valence-corrected chi connectivity index (χ0v) is 14.3. The third-order valence-electron chi connectivity index (χ3n) is 4.46. The molecule has 0 radical (unpaired) electrons. The van der Waals surface area contributed by atoms with Gasteiger partial charge < -0.3 is 10.1 Å². The molecule has 0 unspecified atom stereocenters. The number of anilines is 1. The van der Waals surface area contributed by atoms with Crippen molar-refractivity contribution in [2.24, 2.45) is 0 Å². The Balaban J connectivity index is 1.67. The molecule has 3 rings (SSSR count). The van der Waals surface area contributed by atoms with Crippen molar-refractivity contribution in [1.82, 2.24) is 18.6 Å². The lowest BCUT2D eigenvalue weighted by atomic mass is 9.89. The lowest BCUT2D eigenvalue weighted by Gasteiger charge is -2.38.